The Labute approximate surface area is 99.1 Å². The van der Waals surface area contributed by atoms with Crippen molar-refractivity contribution in [1.82, 2.24) is 14.9 Å². The van der Waals surface area contributed by atoms with Crippen LogP contribution in [0.15, 0.2) is 36.8 Å². The molecule has 0 saturated heterocycles. The Morgan fingerprint density at radius 3 is 3.25 bits per heavy atom. The largest absolute Gasteiger partial charge is 0.332 e. The lowest BCUT2D eigenvalue weighted by atomic mass is 10.0. The molecule has 0 saturated carbocycles. The van der Waals surface area contributed by atoms with E-state index >= 15 is 0 Å². The van der Waals surface area contributed by atoms with Crippen LogP contribution in [0.5, 0.6) is 0 Å². The van der Waals surface area contributed by atoms with Crippen molar-refractivity contribution in [2.24, 2.45) is 0 Å². The fraction of sp³-hybridized carbons (Fsp3) is 0.250. The smallest absolute Gasteiger partial charge is 0.0949 e. The molecule has 1 aliphatic heterocycles. The molecule has 0 amide bonds. The molecule has 3 rings (SSSR count). The van der Waals surface area contributed by atoms with E-state index in [2.05, 4.69) is 20.9 Å². The summed E-state index contributed by atoms with van der Waals surface area (Å²) in [5.41, 5.74) is 2.39. The van der Waals surface area contributed by atoms with Gasteiger partial charge < -0.3 is 9.88 Å². The molecule has 82 valence electrons. The number of hydrogen-bond acceptors (Lipinski definition) is 2. The van der Waals surface area contributed by atoms with Crippen LogP contribution in [0, 0.1) is 0 Å². The Morgan fingerprint density at radius 1 is 1.44 bits per heavy atom. The third-order valence-corrected chi connectivity index (χ3v) is 3.16. The fourth-order valence-corrected chi connectivity index (χ4v) is 2.37. The standard InChI is InChI=1S/C12H12ClN3/c13-10-3-1-2-9(6-10)12-11-7-14-8-16(11)5-4-15-12/h1-3,6-8,12,15H,4-5H2. The van der Waals surface area contributed by atoms with Crippen LogP contribution in [0.1, 0.15) is 17.3 Å². The Balaban J connectivity index is 2.04. The molecule has 0 fully saturated rings. The van der Waals surface area contributed by atoms with Crippen molar-refractivity contribution in [2.45, 2.75) is 12.6 Å². The van der Waals surface area contributed by atoms with Crippen LogP contribution in [-0.2, 0) is 6.54 Å². The van der Waals surface area contributed by atoms with Gasteiger partial charge in [-0.1, -0.05) is 23.7 Å². The number of fused-ring (bicyclic) bond motifs is 1. The molecule has 0 spiro atoms. The molecule has 0 bridgehead atoms. The van der Waals surface area contributed by atoms with Gasteiger partial charge in [-0.2, -0.15) is 0 Å². The molecule has 16 heavy (non-hydrogen) atoms. The summed E-state index contributed by atoms with van der Waals surface area (Å²) >= 11 is 6.01. The second kappa shape index (κ2) is 3.92. The van der Waals surface area contributed by atoms with Gasteiger partial charge in [0.05, 0.1) is 24.3 Å². The third kappa shape index (κ3) is 1.62. The number of imidazole rings is 1. The average Bonchev–Trinajstić information content (AvgIpc) is 2.76. The summed E-state index contributed by atoms with van der Waals surface area (Å²) in [6.45, 7) is 1.94. The summed E-state index contributed by atoms with van der Waals surface area (Å²) in [4.78, 5) is 4.19. The van der Waals surface area contributed by atoms with Gasteiger partial charge in [0.2, 0.25) is 0 Å². The maximum absolute atomic E-state index is 6.01. The second-order valence-corrected chi connectivity index (χ2v) is 4.39. The highest BCUT2D eigenvalue weighted by Gasteiger charge is 2.21. The fourth-order valence-electron chi connectivity index (χ4n) is 2.17. The van der Waals surface area contributed by atoms with Crippen molar-refractivity contribution in [2.75, 3.05) is 6.54 Å². The van der Waals surface area contributed by atoms with E-state index in [4.69, 9.17) is 11.6 Å². The molecule has 0 aliphatic carbocycles. The van der Waals surface area contributed by atoms with E-state index in [9.17, 15) is 0 Å². The lowest BCUT2D eigenvalue weighted by Gasteiger charge is -2.26. The number of benzene rings is 1. The summed E-state index contributed by atoms with van der Waals surface area (Å²) in [7, 11) is 0. The van der Waals surface area contributed by atoms with Gasteiger partial charge in [-0.25, -0.2) is 4.98 Å². The molecule has 0 radical (unpaired) electrons. The van der Waals surface area contributed by atoms with Crippen molar-refractivity contribution in [1.29, 1.82) is 0 Å². The van der Waals surface area contributed by atoms with Gasteiger partial charge in [-0.3, -0.25) is 0 Å². The molecule has 2 heterocycles. The highest BCUT2D eigenvalue weighted by molar-refractivity contribution is 6.30. The van der Waals surface area contributed by atoms with Gasteiger partial charge in [0.25, 0.3) is 0 Å². The number of halogens is 1. The third-order valence-electron chi connectivity index (χ3n) is 2.92. The van der Waals surface area contributed by atoms with E-state index in [1.807, 2.05) is 30.7 Å². The lowest BCUT2D eigenvalue weighted by molar-refractivity contribution is 0.467. The van der Waals surface area contributed by atoms with Crippen LogP contribution < -0.4 is 5.32 Å². The van der Waals surface area contributed by atoms with Gasteiger partial charge >= 0.3 is 0 Å². The average molecular weight is 234 g/mol. The number of nitrogens with one attached hydrogen (secondary N) is 1. The molecule has 4 heteroatoms. The monoisotopic (exact) mass is 233 g/mol. The van der Waals surface area contributed by atoms with Crippen LogP contribution in [0.3, 0.4) is 0 Å². The van der Waals surface area contributed by atoms with E-state index in [0.717, 1.165) is 18.1 Å². The minimum absolute atomic E-state index is 0.204. The first-order valence-electron chi connectivity index (χ1n) is 5.33. The first-order chi connectivity index (χ1) is 7.84. The molecule has 3 nitrogen and oxygen atoms in total. The van der Waals surface area contributed by atoms with Crippen LogP contribution in [-0.4, -0.2) is 16.1 Å². The van der Waals surface area contributed by atoms with Gasteiger partial charge in [0.15, 0.2) is 0 Å². The minimum atomic E-state index is 0.204. The predicted molar refractivity (Wildman–Crippen MR) is 63.5 cm³/mol. The van der Waals surface area contributed by atoms with Gasteiger partial charge in [-0.05, 0) is 17.7 Å². The van der Waals surface area contributed by atoms with Gasteiger partial charge in [0, 0.05) is 18.1 Å². The SMILES string of the molecule is Clc1cccc(C2NCCn3cncc32)c1. The molecular formula is C12H12ClN3. The number of hydrogen-bond donors (Lipinski definition) is 1. The maximum atomic E-state index is 6.01. The predicted octanol–water partition coefficient (Wildman–Crippen LogP) is 2.23. The van der Waals surface area contributed by atoms with Crippen molar-refractivity contribution < 1.29 is 0 Å². The summed E-state index contributed by atoms with van der Waals surface area (Å²) in [5.74, 6) is 0. The Hall–Kier alpha value is -1.32. The van der Waals surface area contributed by atoms with Crippen molar-refractivity contribution in [3.63, 3.8) is 0 Å². The summed E-state index contributed by atoms with van der Waals surface area (Å²) < 4.78 is 2.18. The highest BCUT2D eigenvalue weighted by atomic mass is 35.5. The van der Waals surface area contributed by atoms with Crippen LogP contribution in [0.4, 0.5) is 0 Å². The summed E-state index contributed by atoms with van der Waals surface area (Å²) in [6.07, 6.45) is 3.80. The lowest BCUT2D eigenvalue weighted by Crippen LogP contribution is -2.33. The van der Waals surface area contributed by atoms with Crippen LogP contribution in [0.2, 0.25) is 5.02 Å². The van der Waals surface area contributed by atoms with Crippen LogP contribution >= 0.6 is 11.6 Å². The Kier molecular flexibility index (Phi) is 2.42. The topological polar surface area (TPSA) is 29.9 Å². The van der Waals surface area contributed by atoms with Crippen molar-refractivity contribution in [3.05, 3.63) is 53.1 Å². The zero-order chi connectivity index (χ0) is 11.0. The molecule has 1 aromatic carbocycles. The zero-order valence-electron chi connectivity index (χ0n) is 8.73. The first-order valence-corrected chi connectivity index (χ1v) is 5.71. The molecule has 1 atom stereocenters. The zero-order valence-corrected chi connectivity index (χ0v) is 9.48. The van der Waals surface area contributed by atoms with Gasteiger partial charge in [0.1, 0.15) is 0 Å². The number of aromatic nitrogens is 2. The van der Waals surface area contributed by atoms with Crippen LogP contribution in [0.25, 0.3) is 0 Å². The molecule has 1 aliphatic rings. The second-order valence-electron chi connectivity index (χ2n) is 3.95. The first kappa shape index (κ1) is 9.87. The quantitative estimate of drug-likeness (QED) is 0.819. The maximum Gasteiger partial charge on any atom is 0.0949 e. The summed E-state index contributed by atoms with van der Waals surface area (Å²) in [5, 5.41) is 4.26. The number of nitrogens with zero attached hydrogens (tertiary/aromatic N) is 2. The normalized spacial score (nSPS) is 19.4. The molecule has 2 aromatic rings. The minimum Gasteiger partial charge on any atom is -0.332 e. The van der Waals surface area contributed by atoms with E-state index < -0.39 is 0 Å². The molecule has 1 N–H and O–H groups in total. The Bertz CT molecular complexity index is 506. The van der Waals surface area contributed by atoms with Gasteiger partial charge in [-0.15, -0.1) is 0 Å². The summed E-state index contributed by atoms with van der Waals surface area (Å²) in [6, 6.07) is 8.17. The number of rotatable bonds is 1. The molecule has 1 aromatic heterocycles. The van der Waals surface area contributed by atoms with E-state index in [-0.39, 0.29) is 6.04 Å². The van der Waals surface area contributed by atoms with Crippen molar-refractivity contribution >= 4 is 11.6 Å². The highest BCUT2D eigenvalue weighted by Crippen LogP contribution is 2.26. The van der Waals surface area contributed by atoms with E-state index in [1.54, 1.807) is 0 Å². The molecule has 1 unspecified atom stereocenters. The Morgan fingerprint density at radius 2 is 2.38 bits per heavy atom. The van der Waals surface area contributed by atoms with E-state index in [0.29, 0.717) is 0 Å². The molecular weight excluding hydrogens is 222 g/mol. The van der Waals surface area contributed by atoms with E-state index in [1.165, 1.54) is 11.3 Å². The van der Waals surface area contributed by atoms with Crippen molar-refractivity contribution in [3.8, 4) is 0 Å².